The van der Waals surface area contributed by atoms with Crippen molar-refractivity contribution in [1.29, 1.82) is 0 Å². The van der Waals surface area contributed by atoms with E-state index in [1.54, 1.807) is 0 Å². The maximum Gasteiger partial charge on any atom is 0.185 e. The average molecular weight is 194 g/mol. The first-order valence-corrected chi connectivity index (χ1v) is 5.42. The third-order valence-electron chi connectivity index (χ3n) is 2.87. The number of hydrogen-bond donors (Lipinski definition) is 1. The van der Waals surface area contributed by atoms with Crippen LogP contribution in [0.15, 0.2) is 16.8 Å². The number of piperidine rings is 1. The van der Waals surface area contributed by atoms with Gasteiger partial charge in [0, 0.05) is 12.6 Å². The zero-order valence-corrected chi connectivity index (χ0v) is 8.75. The van der Waals surface area contributed by atoms with Crippen molar-refractivity contribution in [2.24, 2.45) is 10.9 Å². The summed E-state index contributed by atoms with van der Waals surface area (Å²) in [6, 6.07) is 0. The number of nitrogens with one attached hydrogen (secondary N) is 1. The Labute approximate surface area is 85.2 Å². The van der Waals surface area contributed by atoms with Crippen LogP contribution in [0.2, 0.25) is 0 Å². The third-order valence-corrected chi connectivity index (χ3v) is 2.87. The number of hydrogen-bond acceptors (Lipinski definition) is 3. The van der Waals surface area contributed by atoms with Crippen molar-refractivity contribution in [2.75, 3.05) is 19.7 Å². The molecule has 0 bridgehead atoms. The van der Waals surface area contributed by atoms with Crippen molar-refractivity contribution >= 4 is 5.90 Å². The highest BCUT2D eigenvalue weighted by Crippen LogP contribution is 2.22. The van der Waals surface area contributed by atoms with Crippen molar-refractivity contribution < 1.29 is 4.74 Å². The van der Waals surface area contributed by atoms with E-state index in [1.807, 2.05) is 6.92 Å². The van der Waals surface area contributed by atoms with E-state index in [2.05, 4.69) is 16.4 Å². The molecule has 0 saturated carbocycles. The van der Waals surface area contributed by atoms with Gasteiger partial charge >= 0.3 is 0 Å². The molecule has 2 heterocycles. The molecule has 1 saturated heterocycles. The molecule has 2 aliphatic heterocycles. The molecule has 2 rings (SSSR count). The van der Waals surface area contributed by atoms with E-state index in [0.29, 0.717) is 6.61 Å². The molecule has 1 fully saturated rings. The van der Waals surface area contributed by atoms with Crippen LogP contribution in [0.4, 0.5) is 0 Å². The number of ether oxygens (including phenoxy) is 1. The Balaban J connectivity index is 1.87. The fraction of sp³-hybridized carbons (Fsp3) is 0.727. The van der Waals surface area contributed by atoms with Crippen LogP contribution in [0.25, 0.3) is 0 Å². The number of aliphatic imine (C=N–C) groups is 1. The molecule has 0 aromatic rings. The Hall–Kier alpha value is -0.830. The van der Waals surface area contributed by atoms with E-state index in [9.17, 15) is 0 Å². The summed E-state index contributed by atoms with van der Waals surface area (Å²) in [4.78, 5) is 4.41. The van der Waals surface area contributed by atoms with E-state index in [1.165, 1.54) is 18.5 Å². The summed E-state index contributed by atoms with van der Waals surface area (Å²) in [6.45, 7) is 4.96. The Kier molecular flexibility index (Phi) is 3.19. The first-order valence-electron chi connectivity index (χ1n) is 5.42. The second-order valence-corrected chi connectivity index (χ2v) is 4.03. The molecule has 14 heavy (non-hydrogen) atoms. The summed E-state index contributed by atoms with van der Waals surface area (Å²) in [5, 5.41) is 3.38. The highest BCUT2D eigenvalue weighted by molar-refractivity contribution is 5.75. The van der Waals surface area contributed by atoms with Crippen LogP contribution in [-0.4, -0.2) is 25.6 Å². The van der Waals surface area contributed by atoms with Crippen LogP contribution in [-0.2, 0) is 4.74 Å². The first-order chi connectivity index (χ1) is 6.84. The minimum absolute atomic E-state index is 0.704. The fourth-order valence-electron chi connectivity index (χ4n) is 2.05. The van der Waals surface area contributed by atoms with Crippen molar-refractivity contribution in [3.63, 3.8) is 0 Å². The number of allylic oxidation sites excluding steroid dienone is 1. The molecule has 0 aromatic carbocycles. The normalized spacial score (nSPS) is 23.8. The monoisotopic (exact) mass is 194 g/mol. The highest BCUT2D eigenvalue weighted by Gasteiger charge is 2.15. The van der Waals surface area contributed by atoms with Crippen LogP contribution in [0.5, 0.6) is 0 Å². The molecule has 0 atom stereocenters. The first kappa shape index (κ1) is 9.71. The lowest BCUT2D eigenvalue weighted by Gasteiger charge is -2.23. The van der Waals surface area contributed by atoms with E-state index in [0.717, 1.165) is 31.3 Å². The number of nitrogens with zero attached hydrogens (tertiary/aromatic N) is 1. The van der Waals surface area contributed by atoms with Gasteiger partial charge in [0.05, 0.1) is 0 Å². The maximum atomic E-state index is 5.26. The molecule has 3 heteroatoms. The van der Waals surface area contributed by atoms with Crippen LogP contribution >= 0.6 is 0 Å². The summed E-state index contributed by atoms with van der Waals surface area (Å²) in [7, 11) is 0. The molecule has 0 radical (unpaired) electrons. The van der Waals surface area contributed by atoms with Crippen LogP contribution in [0, 0.1) is 5.92 Å². The second kappa shape index (κ2) is 4.60. The van der Waals surface area contributed by atoms with Gasteiger partial charge in [-0.2, -0.15) is 0 Å². The van der Waals surface area contributed by atoms with E-state index in [4.69, 9.17) is 4.74 Å². The van der Waals surface area contributed by atoms with E-state index >= 15 is 0 Å². The second-order valence-electron chi connectivity index (χ2n) is 4.03. The Morgan fingerprint density at radius 3 is 3.00 bits per heavy atom. The van der Waals surface area contributed by atoms with Crippen molar-refractivity contribution in [1.82, 2.24) is 5.32 Å². The van der Waals surface area contributed by atoms with Gasteiger partial charge < -0.3 is 10.1 Å². The van der Waals surface area contributed by atoms with Gasteiger partial charge in [0.1, 0.15) is 6.61 Å². The van der Waals surface area contributed by atoms with Crippen molar-refractivity contribution in [3.05, 3.63) is 11.8 Å². The summed E-state index contributed by atoms with van der Waals surface area (Å²) in [5.41, 5.74) is 1.22. The van der Waals surface area contributed by atoms with Gasteiger partial charge in [0.15, 0.2) is 5.90 Å². The van der Waals surface area contributed by atoms with Gasteiger partial charge in [-0.25, -0.2) is 4.99 Å². The standard InChI is InChI=1S/C11H18N2O/c1-9-13-11(4-7-14-9)8-10-2-5-12-6-3-10/h4,10,12H,2-3,5-8H2,1H3. The summed E-state index contributed by atoms with van der Waals surface area (Å²) < 4.78 is 5.26. The molecule has 2 aliphatic rings. The summed E-state index contributed by atoms with van der Waals surface area (Å²) >= 11 is 0. The summed E-state index contributed by atoms with van der Waals surface area (Å²) in [6.07, 6.45) is 5.80. The Morgan fingerprint density at radius 1 is 1.50 bits per heavy atom. The maximum absolute atomic E-state index is 5.26. The topological polar surface area (TPSA) is 33.6 Å². The minimum atomic E-state index is 0.704. The molecule has 3 nitrogen and oxygen atoms in total. The Morgan fingerprint density at radius 2 is 2.29 bits per heavy atom. The predicted octanol–water partition coefficient (Wildman–Crippen LogP) is 1.71. The zero-order chi connectivity index (χ0) is 9.80. The lowest BCUT2D eigenvalue weighted by molar-refractivity contribution is 0.330. The van der Waals surface area contributed by atoms with Crippen molar-refractivity contribution in [3.8, 4) is 0 Å². The zero-order valence-electron chi connectivity index (χ0n) is 8.75. The number of rotatable bonds is 2. The van der Waals surface area contributed by atoms with Crippen molar-refractivity contribution in [2.45, 2.75) is 26.2 Å². The van der Waals surface area contributed by atoms with E-state index < -0.39 is 0 Å². The highest BCUT2D eigenvalue weighted by atomic mass is 16.5. The lowest BCUT2D eigenvalue weighted by atomic mass is 9.93. The van der Waals surface area contributed by atoms with Crippen LogP contribution in [0.1, 0.15) is 26.2 Å². The molecule has 1 N–H and O–H groups in total. The van der Waals surface area contributed by atoms with Gasteiger partial charge in [-0.05, 0) is 44.3 Å². The third kappa shape index (κ3) is 2.58. The Bertz CT molecular complexity index is 252. The molecule has 0 aromatic heterocycles. The molecule has 78 valence electrons. The van der Waals surface area contributed by atoms with Gasteiger partial charge in [0.2, 0.25) is 0 Å². The average Bonchev–Trinajstić information content (AvgIpc) is 2.19. The quantitative estimate of drug-likeness (QED) is 0.726. The van der Waals surface area contributed by atoms with Gasteiger partial charge in [0.25, 0.3) is 0 Å². The molecule has 0 unspecified atom stereocenters. The lowest BCUT2D eigenvalue weighted by Crippen LogP contribution is -2.28. The largest absolute Gasteiger partial charge is 0.477 e. The van der Waals surface area contributed by atoms with Gasteiger partial charge in [-0.1, -0.05) is 0 Å². The van der Waals surface area contributed by atoms with Gasteiger partial charge in [-0.3, -0.25) is 0 Å². The smallest absolute Gasteiger partial charge is 0.185 e. The molecular weight excluding hydrogens is 176 g/mol. The SMILES string of the molecule is CC1=NC(CC2CCNCC2)=CCO1. The fourth-order valence-corrected chi connectivity index (χ4v) is 2.05. The minimum Gasteiger partial charge on any atom is -0.477 e. The van der Waals surface area contributed by atoms with Crippen LogP contribution < -0.4 is 5.32 Å². The molecule has 0 spiro atoms. The van der Waals surface area contributed by atoms with Gasteiger partial charge in [-0.15, -0.1) is 0 Å². The molecular formula is C11H18N2O. The summed E-state index contributed by atoms with van der Waals surface area (Å²) in [5.74, 6) is 1.63. The molecule has 0 aliphatic carbocycles. The molecule has 0 amide bonds. The van der Waals surface area contributed by atoms with Crippen LogP contribution in [0.3, 0.4) is 0 Å². The predicted molar refractivity (Wildman–Crippen MR) is 57.4 cm³/mol. The van der Waals surface area contributed by atoms with E-state index in [-0.39, 0.29) is 0 Å².